The van der Waals surface area contributed by atoms with E-state index in [1.807, 2.05) is 0 Å². The summed E-state index contributed by atoms with van der Waals surface area (Å²) < 4.78 is 0. The highest BCUT2D eigenvalue weighted by molar-refractivity contribution is 5.39. The molecule has 2 unspecified atom stereocenters. The van der Waals surface area contributed by atoms with Crippen LogP contribution in [0.1, 0.15) is 27.7 Å². The number of rotatable bonds is 0. The van der Waals surface area contributed by atoms with Gasteiger partial charge in [0.1, 0.15) is 0 Å². The Hall–Kier alpha value is -0.520. The summed E-state index contributed by atoms with van der Waals surface area (Å²) in [5.41, 5.74) is 3.65. The highest BCUT2D eigenvalue weighted by atomic mass is 14.6. The van der Waals surface area contributed by atoms with Gasteiger partial charge in [0.05, 0.1) is 0 Å². The first-order valence-electron chi connectivity index (χ1n) is 4.40. The molecule has 0 aromatic heterocycles. The van der Waals surface area contributed by atoms with E-state index < -0.39 is 0 Å². The molecule has 0 aromatic carbocycles. The molecular weight excluding hydrogens is 132 g/mol. The van der Waals surface area contributed by atoms with Crippen molar-refractivity contribution in [1.29, 1.82) is 0 Å². The van der Waals surface area contributed by atoms with Gasteiger partial charge in [-0.1, -0.05) is 37.1 Å². The third-order valence-corrected chi connectivity index (χ3v) is 3.55. The van der Waals surface area contributed by atoms with E-state index in [2.05, 4.69) is 39.8 Å². The molecule has 0 aliphatic heterocycles. The van der Waals surface area contributed by atoms with E-state index in [-0.39, 0.29) is 0 Å². The second-order valence-corrected chi connectivity index (χ2v) is 4.55. The third-order valence-electron chi connectivity index (χ3n) is 3.55. The predicted octanol–water partition coefficient (Wildman–Crippen LogP) is 3.16. The molecule has 2 aliphatic rings. The zero-order chi connectivity index (χ0) is 8.22. The second kappa shape index (κ2) is 1.80. The van der Waals surface area contributed by atoms with Crippen molar-refractivity contribution in [3.05, 3.63) is 23.3 Å². The van der Waals surface area contributed by atoms with Crippen molar-refractivity contribution in [3.8, 4) is 0 Å². The molecule has 1 saturated carbocycles. The largest absolute Gasteiger partial charge is 0.0800 e. The normalized spacial score (nSPS) is 38.9. The molecular formula is C11H16. The average Bonchev–Trinajstić information content (AvgIpc) is 2.46. The summed E-state index contributed by atoms with van der Waals surface area (Å²) in [5.74, 6) is 1.69. The van der Waals surface area contributed by atoms with Crippen molar-refractivity contribution in [2.75, 3.05) is 0 Å². The summed E-state index contributed by atoms with van der Waals surface area (Å²) in [5, 5.41) is 0. The Balaban J connectivity index is 2.38. The van der Waals surface area contributed by atoms with Crippen LogP contribution in [0.4, 0.5) is 0 Å². The molecule has 0 aromatic rings. The fourth-order valence-electron chi connectivity index (χ4n) is 2.49. The van der Waals surface area contributed by atoms with Crippen LogP contribution >= 0.6 is 0 Å². The van der Waals surface area contributed by atoms with E-state index >= 15 is 0 Å². The summed E-state index contributed by atoms with van der Waals surface area (Å²) in [7, 11) is 0. The van der Waals surface area contributed by atoms with Crippen molar-refractivity contribution >= 4 is 0 Å². The smallest absolute Gasteiger partial charge is 0.00747 e. The van der Waals surface area contributed by atoms with Crippen LogP contribution < -0.4 is 0 Å². The van der Waals surface area contributed by atoms with Gasteiger partial charge in [-0.2, -0.15) is 0 Å². The topological polar surface area (TPSA) is 0 Å². The van der Waals surface area contributed by atoms with E-state index in [0.717, 1.165) is 11.8 Å². The van der Waals surface area contributed by atoms with Gasteiger partial charge in [-0.3, -0.25) is 0 Å². The van der Waals surface area contributed by atoms with Gasteiger partial charge in [-0.25, -0.2) is 0 Å². The quantitative estimate of drug-likeness (QED) is 0.495. The second-order valence-electron chi connectivity index (χ2n) is 4.55. The molecule has 0 heterocycles. The van der Waals surface area contributed by atoms with Gasteiger partial charge in [0, 0.05) is 0 Å². The molecule has 2 rings (SSSR count). The van der Waals surface area contributed by atoms with Crippen LogP contribution in [-0.4, -0.2) is 0 Å². The number of hydrogen-bond acceptors (Lipinski definition) is 0. The van der Waals surface area contributed by atoms with E-state index in [9.17, 15) is 0 Å². The first kappa shape index (κ1) is 7.15. The van der Waals surface area contributed by atoms with E-state index in [1.54, 1.807) is 5.57 Å². The minimum atomic E-state index is 0.554. The molecule has 0 radical (unpaired) electrons. The fraction of sp³-hybridized carbons (Fsp3) is 0.636. The Bertz CT molecular complexity index is 253. The molecule has 0 nitrogen and oxygen atoms in total. The van der Waals surface area contributed by atoms with Crippen LogP contribution in [0.2, 0.25) is 0 Å². The van der Waals surface area contributed by atoms with Crippen molar-refractivity contribution in [2.24, 2.45) is 17.3 Å². The van der Waals surface area contributed by atoms with Crippen LogP contribution in [0, 0.1) is 17.3 Å². The lowest BCUT2D eigenvalue weighted by Crippen LogP contribution is -1.93. The molecule has 0 spiro atoms. The lowest BCUT2D eigenvalue weighted by atomic mass is 9.99. The Morgan fingerprint density at radius 3 is 2.45 bits per heavy atom. The van der Waals surface area contributed by atoms with Gasteiger partial charge in [0.15, 0.2) is 0 Å². The highest BCUT2D eigenvalue weighted by Crippen LogP contribution is 2.64. The molecule has 11 heavy (non-hydrogen) atoms. The maximum atomic E-state index is 2.38. The van der Waals surface area contributed by atoms with Gasteiger partial charge >= 0.3 is 0 Å². The molecule has 0 saturated heterocycles. The highest BCUT2D eigenvalue weighted by Gasteiger charge is 2.57. The van der Waals surface area contributed by atoms with Crippen molar-refractivity contribution in [3.63, 3.8) is 0 Å². The zero-order valence-electron chi connectivity index (χ0n) is 7.81. The molecule has 0 bridgehead atoms. The number of fused-ring (bicyclic) bond motifs is 1. The molecule has 1 fully saturated rings. The number of hydrogen-bond donors (Lipinski definition) is 0. The lowest BCUT2D eigenvalue weighted by molar-refractivity contribution is 0.579. The SMILES string of the molecule is CC1=C(C)C2C(C=C1)C2(C)C. The Morgan fingerprint density at radius 1 is 1.27 bits per heavy atom. The van der Waals surface area contributed by atoms with E-state index in [1.165, 1.54) is 5.57 Å². The van der Waals surface area contributed by atoms with Crippen molar-refractivity contribution < 1.29 is 0 Å². The van der Waals surface area contributed by atoms with E-state index in [4.69, 9.17) is 0 Å². The molecule has 60 valence electrons. The monoisotopic (exact) mass is 148 g/mol. The minimum absolute atomic E-state index is 0.554. The maximum Gasteiger partial charge on any atom is -0.00747 e. The first-order valence-corrected chi connectivity index (χ1v) is 4.40. The summed E-state index contributed by atoms with van der Waals surface area (Å²) >= 11 is 0. The Kier molecular flexibility index (Phi) is 1.17. The fourth-order valence-corrected chi connectivity index (χ4v) is 2.49. The summed E-state index contributed by atoms with van der Waals surface area (Å²) in [4.78, 5) is 0. The zero-order valence-corrected chi connectivity index (χ0v) is 7.81. The Morgan fingerprint density at radius 2 is 1.91 bits per heavy atom. The van der Waals surface area contributed by atoms with Gasteiger partial charge in [-0.05, 0) is 31.1 Å². The number of allylic oxidation sites excluding steroid dienone is 4. The molecule has 2 aliphatic carbocycles. The van der Waals surface area contributed by atoms with Gasteiger partial charge in [0.2, 0.25) is 0 Å². The maximum absolute atomic E-state index is 2.38. The summed E-state index contributed by atoms with van der Waals surface area (Å²) in [6.07, 6.45) is 4.66. The van der Waals surface area contributed by atoms with E-state index in [0.29, 0.717) is 5.41 Å². The van der Waals surface area contributed by atoms with Crippen LogP contribution in [0.25, 0.3) is 0 Å². The molecule has 0 heteroatoms. The summed E-state index contributed by atoms with van der Waals surface area (Å²) in [6.45, 7) is 9.24. The van der Waals surface area contributed by atoms with Gasteiger partial charge < -0.3 is 0 Å². The standard InChI is InChI=1S/C11H16/c1-7-5-6-9-10(8(7)2)11(9,3)4/h5-6,9-10H,1-4H3. The average molecular weight is 148 g/mol. The van der Waals surface area contributed by atoms with Crippen LogP contribution in [-0.2, 0) is 0 Å². The van der Waals surface area contributed by atoms with Crippen LogP contribution in [0.15, 0.2) is 23.3 Å². The van der Waals surface area contributed by atoms with Crippen LogP contribution in [0.5, 0.6) is 0 Å². The lowest BCUT2D eigenvalue weighted by Gasteiger charge is -2.07. The van der Waals surface area contributed by atoms with Crippen molar-refractivity contribution in [1.82, 2.24) is 0 Å². The Labute approximate surface area is 69.0 Å². The van der Waals surface area contributed by atoms with Gasteiger partial charge in [-0.15, -0.1) is 0 Å². The molecule has 2 atom stereocenters. The van der Waals surface area contributed by atoms with Crippen molar-refractivity contribution in [2.45, 2.75) is 27.7 Å². The molecule has 0 N–H and O–H groups in total. The predicted molar refractivity (Wildman–Crippen MR) is 48.3 cm³/mol. The third kappa shape index (κ3) is 0.756. The van der Waals surface area contributed by atoms with Gasteiger partial charge in [0.25, 0.3) is 0 Å². The summed E-state index contributed by atoms with van der Waals surface area (Å²) in [6, 6.07) is 0. The minimum Gasteiger partial charge on any atom is -0.0800 e. The first-order chi connectivity index (χ1) is 5.05. The van der Waals surface area contributed by atoms with Crippen LogP contribution in [0.3, 0.4) is 0 Å². The molecule has 0 amide bonds.